The van der Waals surface area contributed by atoms with Crippen molar-refractivity contribution in [2.45, 2.75) is 26.4 Å². The van der Waals surface area contributed by atoms with E-state index in [9.17, 15) is 9.59 Å². The second-order valence-corrected chi connectivity index (χ2v) is 4.51. The van der Waals surface area contributed by atoms with Gasteiger partial charge in [0.25, 0.3) is 0 Å². The van der Waals surface area contributed by atoms with Gasteiger partial charge < -0.3 is 11.3 Å². The third-order valence-corrected chi connectivity index (χ3v) is 1.75. The van der Waals surface area contributed by atoms with Crippen LogP contribution in [0.4, 0.5) is 10.5 Å². The first-order valence-corrected chi connectivity index (χ1v) is 5.11. The average Bonchev–Trinajstić information content (AvgIpc) is 2.14. The molecule has 0 bridgehead atoms. The monoisotopic (exact) mass is 261 g/mol. The molecule has 0 saturated heterocycles. The van der Waals surface area contributed by atoms with Crippen LogP contribution in [0.1, 0.15) is 32.6 Å². The number of benzene rings is 1. The number of aromatic carboxylic acids is 1. The normalized spacial score (nSPS) is 10.2. The van der Waals surface area contributed by atoms with Crippen molar-refractivity contribution < 1.29 is 50.4 Å². The molecule has 0 heterocycles. The van der Waals surface area contributed by atoms with Crippen molar-refractivity contribution in [3.05, 3.63) is 29.8 Å². The number of anilines is 1. The van der Waals surface area contributed by atoms with Gasteiger partial charge in [-0.25, -0.2) is 9.59 Å². The summed E-state index contributed by atoms with van der Waals surface area (Å²) in [6.07, 6.45) is -0.611. The second kappa shape index (κ2) is 6.78. The Labute approximate surface area is 129 Å². The molecule has 5 nitrogen and oxygen atoms in total. The van der Waals surface area contributed by atoms with Gasteiger partial charge in [0.15, 0.2) is 0 Å². The fourth-order valence-electron chi connectivity index (χ4n) is 1.15. The minimum atomic E-state index is -1.04. The Morgan fingerprint density at radius 3 is 2.44 bits per heavy atom. The first-order chi connectivity index (χ1) is 7.78. The summed E-state index contributed by atoms with van der Waals surface area (Å²) in [5.74, 6) is -1.04. The van der Waals surface area contributed by atoms with Crippen LogP contribution in [0.3, 0.4) is 0 Å². The number of ether oxygens (including phenoxy) is 1. The van der Waals surface area contributed by atoms with Crippen LogP contribution in [0.15, 0.2) is 24.3 Å². The molecule has 2 N–H and O–H groups in total. The van der Waals surface area contributed by atoms with E-state index in [0.29, 0.717) is 5.69 Å². The fraction of sp³-hybridized carbons (Fsp3) is 0.333. The summed E-state index contributed by atoms with van der Waals surface area (Å²) >= 11 is 0. The summed E-state index contributed by atoms with van der Waals surface area (Å²) in [4.78, 5) is 22.2. The Kier molecular flexibility index (Phi) is 6.38. The van der Waals surface area contributed by atoms with Gasteiger partial charge in [-0.2, -0.15) is 0 Å². The number of hydrogen-bond donors (Lipinski definition) is 2. The number of rotatable bonds is 2. The van der Waals surface area contributed by atoms with Crippen LogP contribution in [0, 0.1) is 0 Å². The summed E-state index contributed by atoms with van der Waals surface area (Å²) in [5, 5.41) is 11.3. The van der Waals surface area contributed by atoms with E-state index in [4.69, 9.17) is 9.84 Å². The molecule has 0 spiro atoms. The molecule has 94 valence electrons. The van der Waals surface area contributed by atoms with Crippen LogP contribution >= 0.6 is 0 Å². The summed E-state index contributed by atoms with van der Waals surface area (Å²) in [5.41, 5.74) is -0.0909. The Morgan fingerprint density at radius 1 is 1.33 bits per heavy atom. The maximum atomic E-state index is 11.4. The van der Waals surface area contributed by atoms with Crippen molar-refractivity contribution in [3.8, 4) is 0 Å². The average molecular weight is 261 g/mol. The van der Waals surface area contributed by atoms with Crippen molar-refractivity contribution in [1.29, 1.82) is 0 Å². The number of amides is 1. The molecule has 0 aliphatic carbocycles. The van der Waals surface area contributed by atoms with Crippen molar-refractivity contribution in [1.82, 2.24) is 0 Å². The number of carbonyl (C=O) groups excluding carboxylic acids is 1. The van der Waals surface area contributed by atoms with E-state index in [1.54, 1.807) is 32.9 Å². The van der Waals surface area contributed by atoms with E-state index in [1.165, 1.54) is 12.1 Å². The smallest absolute Gasteiger partial charge is 1.00 e. The number of carbonyl (C=O) groups is 2. The van der Waals surface area contributed by atoms with Crippen LogP contribution in [-0.2, 0) is 4.74 Å². The Morgan fingerprint density at radius 2 is 1.94 bits per heavy atom. The Hall–Kier alpha value is -1.04. The van der Waals surface area contributed by atoms with Gasteiger partial charge in [0.2, 0.25) is 0 Å². The quantitative estimate of drug-likeness (QED) is 0.726. The molecule has 1 rings (SSSR count). The number of hydrogen-bond acceptors (Lipinski definition) is 3. The predicted octanol–water partition coefficient (Wildman–Crippen LogP) is -0.152. The predicted molar refractivity (Wildman–Crippen MR) is 64.4 cm³/mol. The third kappa shape index (κ3) is 6.05. The minimum Gasteiger partial charge on any atom is -1.00 e. The zero-order valence-electron chi connectivity index (χ0n) is 12.0. The van der Waals surface area contributed by atoms with E-state index < -0.39 is 17.7 Å². The summed E-state index contributed by atoms with van der Waals surface area (Å²) in [7, 11) is 0. The first kappa shape index (κ1) is 17.0. The van der Waals surface area contributed by atoms with E-state index in [1.807, 2.05) is 0 Å². The van der Waals surface area contributed by atoms with Gasteiger partial charge in [0.1, 0.15) is 5.60 Å². The summed E-state index contributed by atoms with van der Waals surface area (Å²) in [6, 6.07) is 5.96. The van der Waals surface area contributed by atoms with Crippen molar-refractivity contribution >= 4 is 17.7 Å². The maximum absolute atomic E-state index is 11.4. The van der Waals surface area contributed by atoms with E-state index in [-0.39, 0.29) is 36.5 Å². The van der Waals surface area contributed by atoms with E-state index in [2.05, 4.69) is 5.32 Å². The number of nitrogens with one attached hydrogen (secondary N) is 1. The van der Waals surface area contributed by atoms with Gasteiger partial charge in [-0.1, -0.05) is 6.07 Å². The zero-order valence-corrected chi connectivity index (χ0v) is 13.0. The van der Waals surface area contributed by atoms with Gasteiger partial charge in [0, 0.05) is 5.69 Å². The molecule has 0 fully saturated rings. The maximum Gasteiger partial charge on any atom is 1.00 e. The van der Waals surface area contributed by atoms with Crippen molar-refractivity contribution in [2.24, 2.45) is 0 Å². The van der Waals surface area contributed by atoms with Crippen molar-refractivity contribution in [3.63, 3.8) is 0 Å². The minimum absolute atomic E-state index is 0. The molecule has 1 aromatic carbocycles. The molecule has 0 saturated carbocycles. The molecule has 18 heavy (non-hydrogen) atoms. The van der Waals surface area contributed by atoms with Crippen molar-refractivity contribution in [2.75, 3.05) is 5.32 Å². The van der Waals surface area contributed by atoms with Gasteiger partial charge in [-0.05, 0) is 39.0 Å². The van der Waals surface area contributed by atoms with Crippen LogP contribution < -0.4 is 34.9 Å². The van der Waals surface area contributed by atoms with Crippen LogP contribution in [0.5, 0.6) is 0 Å². The largest absolute Gasteiger partial charge is 1.00 e. The third-order valence-electron chi connectivity index (χ3n) is 1.75. The van der Waals surface area contributed by atoms with Crippen LogP contribution in [0.25, 0.3) is 0 Å². The van der Waals surface area contributed by atoms with Gasteiger partial charge in [-0.15, -0.1) is 0 Å². The number of carboxylic acids is 1. The summed E-state index contributed by atoms with van der Waals surface area (Å²) in [6.45, 7) is 5.25. The second-order valence-electron chi connectivity index (χ2n) is 4.51. The standard InChI is InChI=1S/C12H15NO4.Na.H/c1-12(2,3)17-11(16)13-9-6-4-5-8(7-9)10(14)15;;/h4-7H,1-3H3,(H,13,16)(H,14,15);;/q;+1;-1. The van der Waals surface area contributed by atoms with Gasteiger partial charge >= 0.3 is 41.6 Å². The molecule has 0 unspecified atom stereocenters. The summed E-state index contributed by atoms with van der Waals surface area (Å²) < 4.78 is 5.04. The van der Waals surface area contributed by atoms with Gasteiger partial charge in [0.05, 0.1) is 5.56 Å². The first-order valence-electron chi connectivity index (χ1n) is 5.11. The fourth-order valence-corrected chi connectivity index (χ4v) is 1.15. The molecule has 1 aromatic rings. The molecular weight excluding hydrogens is 245 g/mol. The SMILES string of the molecule is CC(C)(C)OC(=O)Nc1cccc(C(=O)O)c1.[H-].[Na+]. The van der Waals surface area contributed by atoms with E-state index >= 15 is 0 Å². The Bertz CT molecular complexity index is 446. The van der Waals surface area contributed by atoms with Crippen LogP contribution in [0.2, 0.25) is 0 Å². The molecule has 1 amide bonds. The zero-order chi connectivity index (χ0) is 13.1. The molecule has 0 aliphatic rings. The molecule has 0 radical (unpaired) electrons. The molecule has 6 heteroatoms. The molecule has 0 aromatic heterocycles. The molecule has 0 atom stereocenters. The topological polar surface area (TPSA) is 75.6 Å². The van der Waals surface area contributed by atoms with Crippen LogP contribution in [-0.4, -0.2) is 22.8 Å². The number of carboxylic acid groups (broad SMARTS) is 1. The van der Waals surface area contributed by atoms with E-state index in [0.717, 1.165) is 0 Å². The molecule has 0 aliphatic heterocycles. The van der Waals surface area contributed by atoms with Gasteiger partial charge in [-0.3, -0.25) is 5.32 Å². The Balaban J connectivity index is 0. The molecular formula is C12H16NNaO4.